The molecule has 5 heteroatoms. The van der Waals surface area contributed by atoms with Gasteiger partial charge in [-0.25, -0.2) is 4.39 Å². The normalized spacial score (nSPS) is 15.8. The van der Waals surface area contributed by atoms with Gasteiger partial charge in [0, 0.05) is 25.6 Å². The van der Waals surface area contributed by atoms with Gasteiger partial charge in [0.05, 0.1) is 5.41 Å². The molecule has 1 fully saturated rings. The molecule has 3 rings (SSSR count). The van der Waals surface area contributed by atoms with Gasteiger partial charge in [-0.15, -0.1) is 0 Å². The number of rotatable bonds is 7. The minimum atomic E-state index is -0.595. The lowest BCUT2D eigenvalue weighted by Crippen LogP contribution is -2.52. The van der Waals surface area contributed by atoms with Crippen LogP contribution in [0.3, 0.4) is 0 Å². The fourth-order valence-electron chi connectivity index (χ4n) is 4.54. The molecule has 1 saturated heterocycles. The summed E-state index contributed by atoms with van der Waals surface area (Å²) in [6.45, 7) is 9.19. The molecule has 2 amide bonds. The average molecular weight is 439 g/mol. The van der Waals surface area contributed by atoms with Gasteiger partial charge in [0.2, 0.25) is 11.8 Å². The van der Waals surface area contributed by atoms with Gasteiger partial charge in [-0.1, -0.05) is 50.2 Å². The van der Waals surface area contributed by atoms with E-state index >= 15 is 0 Å². The minimum Gasteiger partial charge on any atom is -0.353 e. The Morgan fingerprint density at radius 3 is 2.34 bits per heavy atom. The summed E-state index contributed by atoms with van der Waals surface area (Å²) in [5, 5.41) is 3.12. The number of likely N-dealkylation sites (tertiary alicyclic amines) is 1. The van der Waals surface area contributed by atoms with Crippen molar-refractivity contribution < 1.29 is 14.0 Å². The fourth-order valence-corrected chi connectivity index (χ4v) is 4.54. The van der Waals surface area contributed by atoms with Gasteiger partial charge in [-0.2, -0.15) is 0 Å². The van der Waals surface area contributed by atoms with E-state index in [0.29, 0.717) is 44.7 Å². The van der Waals surface area contributed by atoms with E-state index in [0.717, 1.165) is 16.7 Å². The predicted molar refractivity (Wildman–Crippen MR) is 127 cm³/mol. The van der Waals surface area contributed by atoms with Crippen LogP contribution in [-0.2, 0) is 16.0 Å². The topological polar surface area (TPSA) is 49.4 Å². The first-order valence-corrected chi connectivity index (χ1v) is 11.6. The van der Waals surface area contributed by atoms with Gasteiger partial charge in [-0.05, 0) is 67.9 Å². The molecule has 32 heavy (non-hydrogen) atoms. The highest BCUT2D eigenvalue weighted by Gasteiger charge is 2.42. The van der Waals surface area contributed by atoms with Crippen molar-refractivity contribution in [2.75, 3.05) is 13.1 Å². The Morgan fingerprint density at radius 1 is 1.03 bits per heavy atom. The second kappa shape index (κ2) is 10.3. The van der Waals surface area contributed by atoms with E-state index in [1.165, 1.54) is 12.1 Å². The summed E-state index contributed by atoms with van der Waals surface area (Å²) < 4.78 is 13.9. The van der Waals surface area contributed by atoms with E-state index in [-0.39, 0.29) is 23.7 Å². The summed E-state index contributed by atoms with van der Waals surface area (Å²) in [6, 6.07) is 14.5. The van der Waals surface area contributed by atoms with E-state index in [4.69, 9.17) is 0 Å². The molecule has 4 nitrogen and oxygen atoms in total. The summed E-state index contributed by atoms with van der Waals surface area (Å²) in [7, 11) is 0. The molecule has 2 aromatic rings. The van der Waals surface area contributed by atoms with Crippen molar-refractivity contribution in [3.63, 3.8) is 0 Å². The largest absolute Gasteiger partial charge is 0.353 e. The number of halogens is 1. The van der Waals surface area contributed by atoms with Crippen LogP contribution in [-0.4, -0.2) is 35.8 Å². The first-order valence-electron chi connectivity index (χ1n) is 11.6. The summed E-state index contributed by atoms with van der Waals surface area (Å²) in [6.07, 6.45) is 2.33. The molecule has 0 unspecified atom stereocenters. The Kier molecular flexibility index (Phi) is 7.70. The zero-order valence-electron chi connectivity index (χ0n) is 19.7. The molecule has 0 aromatic heterocycles. The van der Waals surface area contributed by atoms with E-state index in [9.17, 15) is 14.0 Å². The molecule has 1 N–H and O–H groups in total. The number of piperidine rings is 1. The van der Waals surface area contributed by atoms with Crippen molar-refractivity contribution in [3.8, 4) is 11.1 Å². The van der Waals surface area contributed by atoms with E-state index in [1.54, 1.807) is 6.07 Å². The third-order valence-electron chi connectivity index (χ3n) is 6.24. The van der Waals surface area contributed by atoms with Gasteiger partial charge in [0.1, 0.15) is 5.82 Å². The Balaban J connectivity index is 1.89. The zero-order chi connectivity index (χ0) is 23.3. The lowest BCUT2D eigenvalue weighted by molar-refractivity contribution is -0.141. The maximum Gasteiger partial charge on any atom is 0.226 e. The summed E-state index contributed by atoms with van der Waals surface area (Å²) in [5.41, 5.74) is 2.19. The number of hydrogen-bond acceptors (Lipinski definition) is 2. The van der Waals surface area contributed by atoms with Crippen LogP contribution in [0.25, 0.3) is 11.1 Å². The lowest BCUT2D eigenvalue weighted by Gasteiger charge is -2.41. The lowest BCUT2D eigenvalue weighted by atomic mass is 9.71. The van der Waals surface area contributed by atoms with Crippen molar-refractivity contribution in [2.24, 2.45) is 11.3 Å². The van der Waals surface area contributed by atoms with Crippen molar-refractivity contribution in [3.05, 3.63) is 59.9 Å². The van der Waals surface area contributed by atoms with Crippen LogP contribution in [0, 0.1) is 17.2 Å². The molecule has 1 heterocycles. The smallest absolute Gasteiger partial charge is 0.226 e. The minimum absolute atomic E-state index is 0.0394. The maximum absolute atomic E-state index is 13.9. The fraction of sp³-hybridized carbons (Fsp3) is 0.481. The van der Waals surface area contributed by atoms with E-state index in [2.05, 4.69) is 5.32 Å². The predicted octanol–water partition coefficient (Wildman–Crippen LogP) is 5.21. The first-order chi connectivity index (χ1) is 15.2. The van der Waals surface area contributed by atoms with Crippen molar-refractivity contribution in [2.45, 2.75) is 59.4 Å². The number of nitrogens with one attached hydrogen (secondary N) is 1. The number of hydrogen-bond donors (Lipinski definition) is 1. The molecule has 1 aliphatic heterocycles. The molecule has 2 aromatic carbocycles. The van der Waals surface area contributed by atoms with Crippen LogP contribution in [0.4, 0.5) is 4.39 Å². The van der Waals surface area contributed by atoms with Crippen molar-refractivity contribution in [1.82, 2.24) is 10.2 Å². The van der Waals surface area contributed by atoms with Gasteiger partial charge >= 0.3 is 0 Å². The van der Waals surface area contributed by atoms with Crippen LogP contribution in [0.1, 0.15) is 52.5 Å². The molecule has 0 spiro atoms. The van der Waals surface area contributed by atoms with E-state index in [1.807, 2.05) is 62.9 Å². The van der Waals surface area contributed by atoms with Crippen LogP contribution >= 0.6 is 0 Å². The van der Waals surface area contributed by atoms with Gasteiger partial charge in [0.15, 0.2) is 0 Å². The Morgan fingerprint density at radius 2 is 1.72 bits per heavy atom. The molecule has 0 aliphatic carbocycles. The third kappa shape index (κ3) is 5.76. The number of carbonyl (C=O) groups excluding carboxylic acids is 2. The number of amides is 2. The second-order valence-corrected chi connectivity index (χ2v) is 9.73. The van der Waals surface area contributed by atoms with Gasteiger partial charge in [-0.3, -0.25) is 9.59 Å². The maximum atomic E-state index is 13.9. The standard InChI is InChI=1S/C27H35FN2O2/c1-19(2)16-25(31)30-14-12-27(13-15-30,26(32)29-20(3)4)18-22-8-5-6-11-24(22)21-9-7-10-23(28)17-21/h5-11,17,19-20H,12-16,18H2,1-4H3,(H,29,32). The van der Waals surface area contributed by atoms with Crippen molar-refractivity contribution >= 4 is 11.8 Å². The number of carbonyl (C=O) groups is 2. The summed E-state index contributed by atoms with van der Waals surface area (Å²) in [5.74, 6) is 0.244. The monoisotopic (exact) mass is 438 g/mol. The van der Waals surface area contributed by atoms with Gasteiger partial charge < -0.3 is 10.2 Å². The van der Waals surface area contributed by atoms with Crippen LogP contribution < -0.4 is 5.32 Å². The average Bonchev–Trinajstić information content (AvgIpc) is 2.73. The molecule has 1 aliphatic rings. The molecular formula is C27H35FN2O2. The highest BCUT2D eigenvalue weighted by atomic mass is 19.1. The molecule has 0 saturated carbocycles. The SMILES string of the molecule is CC(C)CC(=O)N1CCC(Cc2ccccc2-c2cccc(F)c2)(C(=O)NC(C)C)CC1. The second-order valence-electron chi connectivity index (χ2n) is 9.73. The Bertz CT molecular complexity index is 946. The highest BCUT2D eigenvalue weighted by Crippen LogP contribution is 2.38. The molecule has 0 radical (unpaired) electrons. The number of benzene rings is 2. The molecule has 0 atom stereocenters. The quantitative estimate of drug-likeness (QED) is 0.645. The highest BCUT2D eigenvalue weighted by molar-refractivity contribution is 5.84. The summed E-state index contributed by atoms with van der Waals surface area (Å²) >= 11 is 0. The van der Waals surface area contributed by atoms with Gasteiger partial charge in [0.25, 0.3) is 0 Å². The number of nitrogens with zero attached hydrogens (tertiary/aromatic N) is 1. The molecule has 0 bridgehead atoms. The van der Waals surface area contributed by atoms with E-state index < -0.39 is 5.41 Å². The first kappa shape index (κ1) is 24.0. The zero-order valence-corrected chi connectivity index (χ0v) is 19.7. The van der Waals surface area contributed by atoms with Crippen LogP contribution in [0.2, 0.25) is 0 Å². The van der Waals surface area contributed by atoms with Crippen LogP contribution in [0.5, 0.6) is 0 Å². The Labute approximate surface area is 191 Å². The summed E-state index contributed by atoms with van der Waals surface area (Å²) in [4.78, 5) is 27.9. The molecular weight excluding hydrogens is 403 g/mol. The molecule has 172 valence electrons. The van der Waals surface area contributed by atoms with Crippen molar-refractivity contribution in [1.29, 1.82) is 0 Å². The third-order valence-corrected chi connectivity index (χ3v) is 6.24. The van der Waals surface area contributed by atoms with Crippen LogP contribution in [0.15, 0.2) is 48.5 Å². The Hall–Kier alpha value is -2.69.